The summed E-state index contributed by atoms with van der Waals surface area (Å²) in [5.41, 5.74) is 1.26. The lowest BCUT2D eigenvalue weighted by Gasteiger charge is -2.17. The Bertz CT molecular complexity index is 572. The number of carbonyl (C=O) groups excluding carboxylic acids is 1. The summed E-state index contributed by atoms with van der Waals surface area (Å²) in [5.74, 6) is -0.0924. The van der Waals surface area contributed by atoms with Gasteiger partial charge in [-0.2, -0.15) is 0 Å². The van der Waals surface area contributed by atoms with Crippen LogP contribution in [0.15, 0.2) is 30.3 Å². The van der Waals surface area contributed by atoms with Gasteiger partial charge in [0.2, 0.25) is 15.9 Å². The number of aryl methyl sites for hydroxylation is 1. The molecule has 5 nitrogen and oxygen atoms in total. The van der Waals surface area contributed by atoms with Gasteiger partial charge < -0.3 is 4.90 Å². The number of carbonyl (C=O) groups is 1. The van der Waals surface area contributed by atoms with Crippen LogP contribution >= 0.6 is 0 Å². The number of sulfonamides is 1. The van der Waals surface area contributed by atoms with Gasteiger partial charge in [-0.3, -0.25) is 4.79 Å². The fourth-order valence-electron chi connectivity index (χ4n) is 2.49. The largest absolute Gasteiger partial charge is 0.341 e. The lowest BCUT2D eigenvalue weighted by Crippen LogP contribution is -2.42. The van der Waals surface area contributed by atoms with Crippen molar-refractivity contribution >= 4 is 15.9 Å². The Balaban J connectivity index is 1.80. The first-order valence-electron chi connectivity index (χ1n) is 7.34. The highest BCUT2D eigenvalue weighted by molar-refractivity contribution is 7.89. The van der Waals surface area contributed by atoms with Gasteiger partial charge in [0.1, 0.15) is 6.04 Å². The lowest BCUT2D eigenvalue weighted by atomic mass is 10.1. The second-order valence-electron chi connectivity index (χ2n) is 5.28. The molecular formula is C15H22N2O3S. The zero-order valence-corrected chi connectivity index (χ0v) is 13.1. The van der Waals surface area contributed by atoms with E-state index in [1.165, 1.54) is 5.56 Å². The van der Waals surface area contributed by atoms with Gasteiger partial charge >= 0.3 is 0 Å². The molecule has 0 spiro atoms. The molecule has 116 valence electrons. The van der Waals surface area contributed by atoms with Crippen LogP contribution in [0.2, 0.25) is 0 Å². The van der Waals surface area contributed by atoms with Crippen molar-refractivity contribution in [3.05, 3.63) is 35.9 Å². The van der Waals surface area contributed by atoms with E-state index in [4.69, 9.17) is 0 Å². The van der Waals surface area contributed by atoms with Gasteiger partial charge in [0.25, 0.3) is 0 Å². The molecule has 1 aliphatic heterocycles. The Morgan fingerprint density at radius 1 is 1.29 bits per heavy atom. The van der Waals surface area contributed by atoms with Crippen molar-refractivity contribution in [2.24, 2.45) is 0 Å². The van der Waals surface area contributed by atoms with Crippen LogP contribution in [-0.2, 0) is 21.2 Å². The van der Waals surface area contributed by atoms with E-state index >= 15 is 0 Å². The first-order valence-corrected chi connectivity index (χ1v) is 9.00. The minimum Gasteiger partial charge on any atom is -0.341 e. The van der Waals surface area contributed by atoms with Gasteiger partial charge in [-0.05, 0) is 31.7 Å². The molecule has 6 heteroatoms. The van der Waals surface area contributed by atoms with Crippen molar-refractivity contribution in [2.75, 3.05) is 18.8 Å². The Labute approximate surface area is 126 Å². The van der Waals surface area contributed by atoms with Crippen molar-refractivity contribution in [1.29, 1.82) is 0 Å². The molecule has 0 aromatic heterocycles. The molecule has 1 aromatic rings. The molecular weight excluding hydrogens is 288 g/mol. The highest BCUT2D eigenvalue weighted by atomic mass is 32.2. The number of hydrogen-bond acceptors (Lipinski definition) is 3. The molecule has 0 bridgehead atoms. The van der Waals surface area contributed by atoms with Crippen LogP contribution in [-0.4, -0.2) is 44.1 Å². The summed E-state index contributed by atoms with van der Waals surface area (Å²) in [6, 6.07) is 9.57. The van der Waals surface area contributed by atoms with Crippen LogP contribution in [0, 0.1) is 0 Å². The molecule has 0 saturated carbocycles. The first kappa shape index (κ1) is 16.0. The summed E-state index contributed by atoms with van der Waals surface area (Å²) < 4.78 is 25.5. The Morgan fingerprint density at radius 2 is 2.00 bits per heavy atom. The fourth-order valence-corrected chi connectivity index (χ4v) is 3.31. The van der Waals surface area contributed by atoms with E-state index in [1.807, 2.05) is 18.2 Å². The predicted molar refractivity (Wildman–Crippen MR) is 82.3 cm³/mol. The Morgan fingerprint density at radius 3 is 2.67 bits per heavy atom. The lowest BCUT2D eigenvalue weighted by molar-refractivity contribution is -0.129. The second-order valence-corrected chi connectivity index (χ2v) is 7.32. The number of amides is 1. The summed E-state index contributed by atoms with van der Waals surface area (Å²) >= 11 is 0. The first-order chi connectivity index (χ1) is 10.0. The summed E-state index contributed by atoms with van der Waals surface area (Å²) in [5, 5.41) is 0. The van der Waals surface area contributed by atoms with Gasteiger partial charge in [-0.15, -0.1) is 0 Å². The number of likely N-dealkylation sites (tertiary alicyclic amines) is 1. The number of nitrogens with one attached hydrogen (secondary N) is 1. The van der Waals surface area contributed by atoms with Crippen LogP contribution in [0.3, 0.4) is 0 Å². The average Bonchev–Trinajstić information content (AvgIpc) is 2.81. The summed E-state index contributed by atoms with van der Waals surface area (Å²) in [6.45, 7) is 2.88. The van der Waals surface area contributed by atoms with Crippen molar-refractivity contribution in [2.45, 2.75) is 32.2 Å². The number of hydrogen-bond donors (Lipinski definition) is 1. The van der Waals surface area contributed by atoms with Gasteiger partial charge in [-0.1, -0.05) is 30.3 Å². The zero-order valence-electron chi connectivity index (χ0n) is 12.3. The fraction of sp³-hybridized carbons (Fsp3) is 0.533. The molecule has 1 aromatic carbocycles. The second kappa shape index (κ2) is 7.04. The van der Waals surface area contributed by atoms with Crippen molar-refractivity contribution < 1.29 is 13.2 Å². The molecule has 1 N–H and O–H groups in total. The van der Waals surface area contributed by atoms with E-state index in [0.717, 1.165) is 12.8 Å². The van der Waals surface area contributed by atoms with Gasteiger partial charge in [-0.25, -0.2) is 13.1 Å². The number of nitrogens with zero attached hydrogens (tertiary/aromatic N) is 1. The van der Waals surface area contributed by atoms with Crippen LogP contribution in [0.4, 0.5) is 0 Å². The minimum atomic E-state index is -3.32. The summed E-state index contributed by atoms with van der Waals surface area (Å²) in [7, 11) is -3.32. The van der Waals surface area contributed by atoms with Crippen LogP contribution < -0.4 is 4.72 Å². The van der Waals surface area contributed by atoms with Crippen LogP contribution in [0.5, 0.6) is 0 Å². The van der Waals surface area contributed by atoms with Crippen molar-refractivity contribution in [3.8, 4) is 0 Å². The highest BCUT2D eigenvalue weighted by Crippen LogP contribution is 2.13. The van der Waals surface area contributed by atoms with E-state index in [0.29, 0.717) is 19.5 Å². The Hall–Kier alpha value is -1.40. The van der Waals surface area contributed by atoms with E-state index in [2.05, 4.69) is 16.9 Å². The average molecular weight is 310 g/mol. The van der Waals surface area contributed by atoms with Crippen molar-refractivity contribution in [1.82, 2.24) is 9.62 Å². The molecule has 1 aliphatic rings. The predicted octanol–water partition coefficient (Wildman–Crippen LogP) is 1.16. The maximum atomic E-state index is 12.1. The molecule has 1 unspecified atom stereocenters. The van der Waals surface area contributed by atoms with Gasteiger partial charge in [0.15, 0.2) is 0 Å². The zero-order chi connectivity index (χ0) is 15.3. The molecule has 1 amide bonds. The van der Waals surface area contributed by atoms with Crippen LogP contribution in [0.25, 0.3) is 0 Å². The van der Waals surface area contributed by atoms with E-state index < -0.39 is 16.1 Å². The quantitative estimate of drug-likeness (QED) is 0.822. The van der Waals surface area contributed by atoms with Gasteiger partial charge in [0, 0.05) is 13.1 Å². The molecule has 1 fully saturated rings. The maximum absolute atomic E-state index is 12.1. The molecule has 1 atom stereocenters. The van der Waals surface area contributed by atoms with E-state index in [-0.39, 0.29) is 11.7 Å². The summed E-state index contributed by atoms with van der Waals surface area (Å²) in [6.07, 6.45) is 2.38. The SMILES string of the molecule is CCS(=O)(=O)NC1CCN(CCCc2ccccc2)C1=O. The summed E-state index contributed by atoms with van der Waals surface area (Å²) in [4.78, 5) is 13.9. The standard InChI is InChI=1S/C15H22N2O3S/c1-2-21(19,20)16-14-10-12-17(15(14)18)11-6-9-13-7-4-3-5-8-13/h3-5,7-8,14,16H,2,6,9-12H2,1H3. The third-order valence-corrected chi connectivity index (χ3v) is 5.14. The van der Waals surface area contributed by atoms with Crippen LogP contribution in [0.1, 0.15) is 25.3 Å². The van der Waals surface area contributed by atoms with E-state index in [1.54, 1.807) is 11.8 Å². The van der Waals surface area contributed by atoms with Gasteiger partial charge in [0.05, 0.1) is 5.75 Å². The maximum Gasteiger partial charge on any atom is 0.240 e. The highest BCUT2D eigenvalue weighted by Gasteiger charge is 2.33. The minimum absolute atomic E-state index is 0.00475. The van der Waals surface area contributed by atoms with Crippen molar-refractivity contribution in [3.63, 3.8) is 0 Å². The topological polar surface area (TPSA) is 66.5 Å². The normalized spacial score (nSPS) is 19.2. The number of benzene rings is 1. The Kier molecular flexibility index (Phi) is 5.36. The third kappa shape index (κ3) is 4.54. The molecule has 0 radical (unpaired) electrons. The number of rotatable bonds is 7. The molecule has 0 aliphatic carbocycles. The molecule has 2 rings (SSSR count). The molecule has 21 heavy (non-hydrogen) atoms. The monoisotopic (exact) mass is 310 g/mol. The molecule has 1 saturated heterocycles. The molecule has 1 heterocycles. The third-order valence-electron chi connectivity index (χ3n) is 3.74. The smallest absolute Gasteiger partial charge is 0.240 e. The van der Waals surface area contributed by atoms with E-state index in [9.17, 15) is 13.2 Å².